The zero-order valence-corrected chi connectivity index (χ0v) is 10.6. The van der Waals surface area contributed by atoms with Crippen LogP contribution in [0.25, 0.3) is 0 Å². The van der Waals surface area contributed by atoms with E-state index in [1.54, 1.807) is 18.5 Å². The number of rotatable bonds is 4. The lowest BCUT2D eigenvalue weighted by atomic mass is 10.1. The lowest BCUT2D eigenvalue weighted by molar-refractivity contribution is -0.119. The van der Waals surface area contributed by atoms with Gasteiger partial charge in [0.05, 0.1) is 6.54 Å². The first-order chi connectivity index (χ1) is 8.75. The number of pyridine rings is 1. The van der Waals surface area contributed by atoms with E-state index < -0.39 is 0 Å². The maximum Gasteiger partial charge on any atom is 0.151 e. The Hall–Kier alpha value is -1.46. The lowest BCUT2D eigenvalue weighted by Crippen LogP contribution is -2.33. The summed E-state index contributed by atoms with van der Waals surface area (Å²) < 4.78 is 0. The molecule has 0 aliphatic carbocycles. The number of nitrogens with zero attached hydrogens (tertiary/aromatic N) is 2. The molecular weight excluding hydrogens is 228 g/mol. The fourth-order valence-electron chi connectivity index (χ4n) is 2.16. The number of nitrogen functional groups attached to an aromatic ring is 1. The van der Waals surface area contributed by atoms with Crippen molar-refractivity contribution < 1.29 is 4.79 Å². The number of ketones is 1. The third kappa shape index (κ3) is 3.78. The van der Waals surface area contributed by atoms with E-state index in [9.17, 15) is 4.79 Å². The fraction of sp³-hybridized carbons (Fsp3) is 0.538. The Morgan fingerprint density at radius 1 is 1.44 bits per heavy atom. The van der Waals surface area contributed by atoms with Crippen LogP contribution in [0.4, 0.5) is 5.69 Å². The molecule has 1 aromatic rings. The zero-order chi connectivity index (χ0) is 12.8. The summed E-state index contributed by atoms with van der Waals surface area (Å²) in [6, 6.07) is 1.73. The van der Waals surface area contributed by atoms with Crippen molar-refractivity contribution in [2.24, 2.45) is 0 Å². The second kappa shape index (κ2) is 6.47. The van der Waals surface area contributed by atoms with Crippen molar-refractivity contribution in [3.63, 3.8) is 0 Å². The molecule has 1 fully saturated rings. The molecule has 3 N–H and O–H groups in total. The van der Waals surface area contributed by atoms with Gasteiger partial charge < -0.3 is 11.1 Å². The summed E-state index contributed by atoms with van der Waals surface area (Å²) in [6.07, 6.45) is 4.80. The Bertz CT molecular complexity index is 400. The molecule has 0 saturated carbocycles. The van der Waals surface area contributed by atoms with Crippen LogP contribution in [-0.2, 0) is 11.2 Å². The molecule has 2 heterocycles. The maximum atomic E-state index is 12.0. The van der Waals surface area contributed by atoms with E-state index in [1.807, 2.05) is 0 Å². The number of hydrogen-bond acceptors (Lipinski definition) is 5. The Kier molecular flexibility index (Phi) is 4.66. The van der Waals surface area contributed by atoms with Gasteiger partial charge in [0.1, 0.15) is 0 Å². The van der Waals surface area contributed by atoms with Crippen molar-refractivity contribution in [3.8, 4) is 0 Å². The molecule has 18 heavy (non-hydrogen) atoms. The van der Waals surface area contributed by atoms with E-state index in [2.05, 4.69) is 15.2 Å². The van der Waals surface area contributed by atoms with Gasteiger partial charge in [0.15, 0.2) is 5.78 Å². The summed E-state index contributed by atoms with van der Waals surface area (Å²) in [6.45, 7) is 4.44. The third-order valence-electron chi connectivity index (χ3n) is 3.16. The standard InChI is InChI=1S/C13H20N4O/c14-13-2-4-16-9-11(13)8-12(18)10-17-6-1-3-15-5-7-17/h2,4,9,15H,1,3,5-8,10H2,(H2,14,16). The van der Waals surface area contributed by atoms with E-state index in [4.69, 9.17) is 5.73 Å². The summed E-state index contributed by atoms with van der Waals surface area (Å²) in [5.41, 5.74) is 7.29. The van der Waals surface area contributed by atoms with E-state index >= 15 is 0 Å². The van der Waals surface area contributed by atoms with Crippen LogP contribution in [0.1, 0.15) is 12.0 Å². The van der Waals surface area contributed by atoms with Crippen LogP contribution >= 0.6 is 0 Å². The van der Waals surface area contributed by atoms with Gasteiger partial charge in [-0.1, -0.05) is 0 Å². The molecule has 0 bridgehead atoms. The summed E-state index contributed by atoms with van der Waals surface area (Å²) >= 11 is 0. The number of Topliss-reactive ketones (excluding diaryl/α,β-unsaturated/α-hetero) is 1. The van der Waals surface area contributed by atoms with Gasteiger partial charge in [-0.2, -0.15) is 0 Å². The molecule has 0 amide bonds. The SMILES string of the molecule is Nc1ccncc1CC(=O)CN1CCCNCC1. The molecule has 1 aliphatic heterocycles. The highest BCUT2D eigenvalue weighted by Crippen LogP contribution is 2.10. The normalized spacial score (nSPS) is 17.3. The maximum absolute atomic E-state index is 12.0. The molecule has 0 spiro atoms. The van der Waals surface area contributed by atoms with Crippen LogP contribution in [0.3, 0.4) is 0 Å². The number of carbonyl (C=O) groups is 1. The predicted molar refractivity (Wildman–Crippen MR) is 71.3 cm³/mol. The highest BCUT2D eigenvalue weighted by Gasteiger charge is 2.13. The van der Waals surface area contributed by atoms with Crippen molar-refractivity contribution in [3.05, 3.63) is 24.0 Å². The first-order valence-corrected chi connectivity index (χ1v) is 6.39. The molecule has 2 rings (SSSR count). The molecule has 0 radical (unpaired) electrons. The van der Waals surface area contributed by atoms with Crippen molar-refractivity contribution in [1.82, 2.24) is 15.2 Å². The minimum Gasteiger partial charge on any atom is -0.398 e. The average molecular weight is 248 g/mol. The topological polar surface area (TPSA) is 71.2 Å². The number of nitrogens with one attached hydrogen (secondary N) is 1. The molecule has 0 unspecified atom stereocenters. The number of nitrogens with two attached hydrogens (primary N) is 1. The van der Waals surface area contributed by atoms with Gasteiger partial charge in [0.2, 0.25) is 0 Å². The molecule has 1 aromatic heterocycles. The van der Waals surface area contributed by atoms with E-state index in [0.717, 1.165) is 38.2 Å². The summed E-state index contributed by atoms with van der Waals surface area (Å²) in [4.78, 5) is 18.2. The van der Waals surface area contributed by atoms with Crippen molar-refractivity contribution in [2.75, 3.05) is 38.5 Å². The molecule has 5 nitrogen and oxygen atoms in total. The molecule has 98 valence electrons. The quantitative estimate of drug-likeness (QED) is 0.789. The third-order valence-corrected chi connectivity index (χ3v) is 3.16. The fourth-order valence-corrected chi connectivity index (χ4v) is 2.16. The minimum absolute atomic E-state index is 0.205. The summed E-state index contributed by atoms with van der Waals surface area (Å²) in [5.74, 6) is 0.205. The van der Waals surface area contributed by atoms with Crippen LogP contribution in [0.5, 0.6) is 0 Å². The van der Waals surface area contributed by atoms with E-state index in [-0.39, 0.29) is 5.78 Å². The first kappa shape index (κ1) is 13.0. The van der Waals surface area contributed by atoms with Crippen LogP contribution < -0.4 is 11.1 Å². The van der Waals surface area contributed by atoms with Crippen molar-refractivity contribution >= 4 is 11.5 Å². The number of hydrogen-bond donors (Lipinski definition) is 2. The van der Waals surface area contributed by atoms with Crippen LogP contribution in [-0.4, -0.2) is 48.4 Å². The van der Waals surface area contributed by atoms with Gasteiger partial charge in [-0.25, -0.2) is 0 Å². The van der Waals surface area contributed by atoms with Crippen LogP contribution in [0.2, 0.25) is 0 Å². The molecular formula is C13H20N4O. The second-order valence-corrected chi connectivity index (χ2v) is 4.67. The Labute approximate surface area is 107 Å². The van der Waals surface area contributed by atoms with Crippen molar-refractivity contribution in [1.29, 1.82) is 0 Å². The molecule has 0 atom stereocenters. The Balaban J connectivity index is 1.86. The van der Waals surface area contributed by atoms with E-state index in [1.165, 1.54) is 0 Å². The predicted octanol–water partition coefficient (Wildman–Crippen LogP) is 0.0707. The van der Waals surface area contributed by atoms with Crippen LogP contribution in [0, 0.1) is 0 Å². The molecule has 0 aromatic carbocycles. The van der Waals surface area contributed by atoms with Crippen molar-refractivity contribution in [2.45, 2.75) is 12.8 Å². The molecule has 1 saturated heterocycles. The van der Waals surface area contributed by atoms with Gasteiger partial charge in [0, 0.05) is 43.2 Å². The van der Waals surface area contributed by atoms with Crippen LogP contribution in [0.15, 0.2) is 18.5 Å². The van der Waals surface area contributed by atoms with Gasteiger partial charge >= 0.3 is 0 Å². The monoisotopic (exact) mass is 248 g/mol. The van der Waals surface area contributed by atoms with Gasteiger partial charge in [-0.15, -0.1) is 0 Å². The lowest BCUT2D eigenvalue weighted by Gasteiger charge is -2.18. The molecule has 1 aliphatic rings. The summed E-state index contributed by atoms with van der Waals surface area (Å²) in [7, 11) is 0. The average Bonchev–Trinajstić information content (AvgIpc) is 2.61. The Morgan fingerprint density at radius 2 is 2.33 bits per heavy atom. The first-order valence-electron chi connectivity index (χ1n) is 6.39. The molecule has 5 heteroatoms. The highest BCUT2D eigenvalue weighted by molar-refractivity contribution is 5.84. The van der Waals surface area contributed by atoms with E-state index in [0.29, 0.717) is 18.7 Å². The largest absolute Gasteiger partial charge is 0.398 e. The number of anilines is 1. The van der Waals surface area contributed by atoms with Gasteiger partial charge in [-0.3, -0.25) is 14.7 Å². The smallest absolute Gasteiger partial charge is 0.151 e. The summed E-state index contributed by atoms with van der Waals surface area (Å²) in [5, 5.41) is 3.33. The zero-order valence-electron chi connectivity index (χ0n) is 10.6. The van der Waals surface area contributed by atoms with Gasteiger partial charge in [0.25, 0.3) is 0 Å². The number of carbonyl (C=O) groups excluding carboxylic acids is 1. The number of aromatic nitrogens is 1. The highest BCUT2D eigenvalue weighted by atomic mass is 16.1. The second-order valence-electron chi connectivity index (χ2n) is 4.67. The van der Waals surface area contributed by atoms with Gasteiger partial charge in [-0.05, 0) is 25.6 Å². The minimum atomic E-state index is 0.205. The Morgan fingerprint density at radius 3 is 3.17 bits per heavy atom.